The predicted molar refractivity (Wildman–Crippen MR) is 93.9 cm³/mol. The van der Waals surface area contributed by atoms with E-state index in [2.05, 4.69) is 4.98 Å². The van der Waals surface area contributed by atoms with Gasteiger partial charge in [-0.2, -0.15) is 0 Å². The number of aromatic nitrogens is 1. The van der Waals surface area contributed by atoms with Crippen molar-refractivity contribution in [2.75, 3.05) is 6.54 Å². The minimum atomic E-state index is -0.467. The Morgan fingerprint density at radius 3 is 2.83 bits per heavy atom. The quantitative estimate of drug-likeness (QED) is 0.779. The van der Waals surface area contributed by atoms with Gasteiger partial charge in [0, 0.05) is 29.2 Å². The molecule has 122 valence electrons. The first-order valence-electron chi connectivity index (χ1n) is 8.32. The minimum absolute atomic E-state index is 0.00409. The number of aliphatic hydroxyl groups excluding tert-OH is 1. The van der Waals surface area contributed by atoms with Gasteiger partial charge in [-0.3, -0.25) is 4.79 Å². The molecule has 4 rings (SSSR count). The molecule has 2 atom stereocenters. The summed E-state index contributed by atoms with van der Waals surface area (Å²) in [7, 11) is 0. The molecule has 0 aliphatic carbocycles. The van der Waals surface area contributed by atoms with Crippen molar-refractivity contribution < 1.29 is 9.90 Å². The van der Waals surface area contributed by atoms with Crippen LogP contribution in [0.5, 0.6) is 0 Å². The maximum Gasteiger partial charge on any atom is 0.254 e. The van der Waals surface area contributed by atoms with Crippen molar-refractivity contribution in [1.29, 1.82) is 0 Å². The van der Waals surface area contributed by atoms with Gasteiger partial charge in [-0.15, -0.1) is 0 Å². The van der Waals surface area contributed by atoms with Crippen LogP contribution >= 0.6 is 0 Å². The zero-order valence-electron chi connectivity index (χ0n) is 13.4. The average molecular weight is 320 g/mol. The van der Waals surface area contributed by atoms with Crippen LogP contribution < -0.4 is 0 Å². The number of hydrogen-bond acceptors (Lipinski definition) is 2. The number of amides is 1. The van der Waals surface area contributed by atoms with Gasteiger partial charge < -0.3 is 15.0 Å². The Kier molecular flexibility index (Phi) is 3.82. The molecule has 4 heteroatoms. The second kappa shape index (κ2) is 6.13. The van der Waals surface area contributed by atoms with E-state index >= 15 is 0 Å². The molecule has 1 aromatic heterocycles. The third-order valence-electron chi connectivity index (χ3n) is 4.86. The monoisotopic (exact) mass is 320 g/mol. The summed E-state index contributed by atoms with van der Waals surface area (Å²) in [5, 5.41) is 11.4. The van der Waals surface area contributed by atoms with Crippen LogP contribution in [0.25, 0.3) is 10.9 Å². The minimum Gasteiger partial charge on any atom is -0.391 e. The first-order valence-corrected chi connectivity index (χ1v) is 8.32. The van der Waals surface area contributed by atoms with Crippen LogP contribution in [0.3, 0.4) is 0 Å². The molecule has 1 fully saturated rings. The predicted octanol–water partition coefficient (Wildman–Crippen LogP) is 2.99. The maximum atomic E-state index is 13.0. The Labute approximate surface area is 140 Å². The number of nitrogens with one attached hydrogen (secondary N) is 1. The first-order chi connectivity index (χ1) is 11.7. The molecule has 0 saturated carbocycles. The molecule has 1 amide bonds. The van der Waals surface area contributed by atoms with Crippen molar-refractivity contribution in [2.24, 2.45) is 0 Å². The molecule has 2 heterocycles. The van der Waals surface area contributed by atoms with Gasteiger partial charge in [0.25, 0.3) is 5.91 Å². The molecule has 0 unspecified atom stereocenters. The van der Waals surface area contributed by atoms with Crippen LogP contribution in [0.2, 0.25) is 0 Å². The van der Waals surface area contributed by atoms with E-state index in [4.69, 9.17) is 0 Å². The second-order valence-electron chi connectivity index (χ2n) is 6.39. The number of carbonyl (C=O) groups excluding carboxylic acids is 1. The highest BCUT2D eigenvalue weighted by molar-refractivity contribution is 5.98. The van der Waals surface area contributed by atoms with Crippen molar-refractivity contribution in [3.05, 3.63) is 71.9 Å². The lowest BCUT2D eigenvalue weighted by Gasteiger charge is -2.26. The third-order valence-corrected chi connectivity index (χ3v) is 4.86. The van der Waals surface area contributed by atoms with Crippen LogP contribution in [0.1, 0.15) is 22.3 Å². The fourth-order valence-corrected chi connectivity index (χ4v) is 3.54. The van der Waals surface area contributed by atoms with E-state index in [0.717, 1.165) is 16.5 Å². The molecule has 1 aliphatic heterocycles. The molecule has 1 aliphatic rings. The number of fused-ring (bicyclic) bond motifs is 1. The Bertz CT molecular complexity index is 856. The van der Waals surface area contributed by atoms with E-state index < -0.39 is 6.10 Å². The van der Waals surface area contributed by atoms with Crippen molar-refractivity contribution in [2.45, 2.75) is 25.0 Å². The van der Waals surface area contributed by atoms with E-state index in [9.17, 15) is 9.90 Å². The van der Waals surface area contributed by atoms with Crippen molar-refractivity contribution in [3.8, 4) is 0 Å². The lowest BCUT2D eigenvalue weighted by Crippen LogP contribution is -2.41. The smallest absolute Gasteiger partial charge is 0.254 e. The number of carbonyl (C=O) groups is 1. The zero-order valence-corrected chi connectivity index (χ0v) is 13.4. The van der Waals surface area contributed by atoms with E-state index in [-0.39, 0.29) is 11.9 Å². The number of likely N-dealkylation sites (tertiary alicyclic amines) is 1. The van der Waals surface area contributed by atoms with Crippen molar-refractivity contribution in [3.63, 3.8) is 0 Å². The average Bonchev–Trinajstić information content (AvgIpc) is 3.22. The lowest BCUT2D eigenvalue weighted by molar-refractivity contribution is 0.0640. The number of aromatic amines is 1. The first kappa shape index (κ1) is 15.0. The molecular formula is C20H20N2O2. The van der Waals surface area contributed by atoms with Gasteiger partial charge in [-0.1, -0.05) is 30.3 Å². The van der Waals surface area contributed by atoms with Crippen LogP contribution in [-0.4, -0.2) is 39.6 Å². The molecule has 4 nitrogen and oxygen atoms in total. The van der Waals surface area contributed by atoms with Gasteiger partial charge in [-0.05, 0) is 42.7 Å². The molecule has 0 bridgehead atoms. The van der Waals surface area contributed by atoms with E-state index in [0.29, 0.717) is 24.9 Å². The SMILES string of the molecule is O=C(c1ccc2[nH]ccc2c1)N1CC[C@@H](O)[C@H]1Cc1ccccc1. The summed E-state index contributed by atoms with van der Waals surface area (Å²) in [6, 6.07) is 17.5. The van der Waals surface area contributed by atoms with Gasteiger partial charge in [0.15, 0.2) is 0 Å². The van der Waals surface area contributed by atoms with Gasteiger partial charge in [0.1, 0.15) is 0 Å². The summed E-state index contributed by atoms with van der Waals surface area (Å²) < 4.78 is 0. The molecule has 2 N–H and O–H groups in total. The van der Waals surface area contributed by atoms with Crippen LogP contribution in [0.4, 0.5) is 0 Å². The highest BCUT2D eigenvalue weighted by Crippen LogP contribution is 2.25. The molecule has 2 aromatic carbocycles. The van der Waals surface area contributed by atoms with Gasteiger partial charge in [0.2, 0.25) is 0 Å². The van der Waals surface area contributed by atoms with Crippen LogP contribution in [0.15, 0.2) is 60.8 Å². The largest absolute Gasteiger partial charge is 0.391 e. The summed E-state index contributed by atoms with van der Waals surface area (Å²) >= 11 is 0. The third kappa shape index (κ3) is 2.69. The maximum absolute atomic E-state index is 13.0. The molecule has 3 aromatic rings. The Hall–Kier alpha value is -2.59. The Morgan fingerprint density at radius 1 is 1.17 bits per heavy atom. The number of benzene rings is 2. The van der Waals surface area contributed by atoms with Crippen LogP contribution in [0, 0.1) is 0 Å². The Balaban J connectivity index is 1.59. The number of rotatable bonds is 3. The number of aliphatic hydroxyl groups is 1. The van der Waals surface area contributed by atoms with E-state index in [1.54, 1.807) is 0 Å². The summed E-state index contributed by atoms with van der Waals surface area (Å²) in [6.07, 6.45) is 2.72. The molecule has 1 saturated heterocycles. The van der Waals surface area contributed by atoms with E-state index in [1.807, 2.05) is 65.7 Å². The summed E-state index contributed by atoms with van der Waals surface area (Å²) in [6.45, 7) is 0.600. The van der Waals surface area contributed by atoms with E-state index in [1.165, 1.54) is 0 Å². The molecule has 24 heavy (non-hydrogen) atoms. The lowest BCUT2D eigenvalue weighted by atomic mass is 10.0. The standard InChI is InChI=1S/C20H20N2O2/c23-19-9-11-22(18(19)12-14-4-2-1-3-5-14)20(24)16-6-7-17-15(13-16)8-10-21-17/h1-8,10,13,18-19,21,23H,9,11-12H2/t18-,19-/m1/s1. The summed E-state index contributed by atoms with van der Waals surface area (Å²) in [5.74, 6) is -0.00409. The number of hydrogen-bond donors (Lipinski definition) is 2. The highest BCUT2D eigenvalue weighted by atomic mass is 16.3. The topological polar surface area (TPSA) is 56.3 Å². The fourth-order valence-electron chi connectivity index (χ4n) is 3.54. The molecule has 0 spiro atoms. The normalized spacial score (nSPS) is 20.6. The molecular weight excluding hydrogens is 300 g/mol. The van der Waals surface area contributed by atoms with Gasteiger partial charge in [-0.25, -0.2) is 0 Å². The number of H-pyrrole nitrogens is 1. The second-order valence-corrected chi connectivity index (χ2v) is 6.39. The fraction of sp³-hybridized carbons (Fsp3) is 0.250. The summed E-state index contributed by atoms with van der Waals surface area (Å²) in [4.78, 5) is 17.9. The van der Waals surface area contributed by atoms with Crippen molar-refractivity contribution >= 4 is 16.8 Å². The summed E-state index contributed by atoms with van der Waals surface area (Å²) in [5.41, 5.74) is 2.84. The van der Waals surface area contributed by atoms with Crippen LogP contribution in [-0.2, 0) is 6.42 Å². The zero-order chi connectivity index (χ0) is 16.5. The van der Waals surface area contributed by atoms with Crippen molar-refractivity contribution in [1.82, 2.24) is 9.88 Å². The Morgan fingerprint density at radius 2 is 2.00 bits per heavy atom. The molecule has 0 radical (unpaired) electrons. The van der Waals surface area contributed by atoms with Gasteiger partial charge >= 0.3 is 0 Å². The highest BCUT2D eigenvalue weighted by Gasteiger charge is 2.36. The van der Waals surface area contributed by atoms with Gasteiger partial charge in [0.05, 0.1) is 12.1 Å². The number of nitrogens with zero attached hydrogens (tertiary/aromatic N) is 1.